The smallest absolute Gasteiger partial charge is 0.408 e. The van der Waals surface area contributed by atoms with Gasteiger partial charge in [-0.25, -0.2) is 13.2 Å². The van der Waals surface area contributed by atoms with Crippen LogP contribution in [0.25, 0.3) is 11.1 Å². The van der Waals surface area contributed by atoms with E-state index in [9.17, 15) is 18.3 Å². The Morgan fingerprint density at radius 1 is 1.28 bits per heavy atom. The molecule has 0 amide bonds. The predicted molar refractivity (Wildman–Crippen MR) is 87.2 cm³/mol. The van der Waals surface area contributed by atoms with Crippen LogP contribution in [-0.4, -0.2) is 39.1 Å². The Labute approximate surface area is 142 Å². The minimum atomic E-state index is -3.74. The number of aliphatic hydroxyl groups is 1. The summed E-state index contributed by atoms with van der Waals surface area (Å²) in [4.78, 5) is 13.8. The maximum Gasteiger partial charge on any atom is 0.417 e. The molecule has 0 fully saturated rings. The van der Waals surface area contributed by atoms with Gasteiger partial charge in [-0.1, -0.05) is 0 Å². The van der Waals surface area contributed by atoms with Crippen molar-refractivity contribution in [1.82, 2.24) is 19.1 Å². The lowest BCUT2D eigenvalue weighted by atomic mass is 10.3. The average molecular weight is 364 g/mol. The molecule has 2 aromatic heterocycles. The number of rotatable bonds is 3. The third-order valence-corrected chi connectivity index (χ3v) is 6.06. The molecule has 1 aliphatic heterocycles. The summed E-state index contributed by atoms with van der Waals surface area (Å²) < 4.78 is 34.0. The van der Waals surface area contributed by atoms with Gasteiger partial charge in [-0.05, 0) is 30.7 Å². The molecule has 25 heavy (non-hydrogen) atoms. The van der Waals surface area contributed by atoms with Crippen LogP contribution in [0.1, 0.15) is 17.8 Å². The van der Waals surface area contributed by atoms with Gasteiger partial charge in [-0.15, -0.1) is 0 Å². The van der Waals surface area contributed by atoms with Gasteiger partial charge < -0.3 is 9.52 Å². The lowest BCUT2D eigenvalue weighted by Gasteiger charge is -2.19. The van der Waals surface area contributed by atoms with Crippen LogP contribution in [0.3, 0.4) is 0 Å². The number of aromatic amines is 1. The van der Waals surface area contributed by atoms with Gasteiger partial charge in [0.2, 0.25) is 10.0 Å². The van der Waals surface area contributed by atoms with Crippen LogP contribution >= 0.6 is 0 Å². The number of benzene rings is 1. The molecule has 0 atom stereocenters. The van der Waals surface area contributed by atoms with Crippen molar-refractivity contribution in [3.8, 4) is 0 Å². The molecule has 1 aromatic carbocycles. The topological polar surface area (TPSA) is 121 Å². The zero-order chi connectivity index (χ0) is 17.6. The lowest BCUT2D eigenvalue weighted by molar-refractivity contribution is 0.275. The molecule has 3 aromatic rings. The molecule has 1 aliphatic rings. The summed E-state index contributed by atoms with van der Waals surface area (Å²) in [5.41, 5.74) is 1.91. The summed E-state index contributed by atoms with van der Waals surface area (Å²) in [5, 5.41) is 13.5. The van der Waals surface area contributed by atoms with E-state index in [2.05, 4.69) is 10.1 Å². The lowest BCUT2D eigenvalue weighted by Crippen LogP contribution is -2.30. The van der Waals surface area contributed by atoms with Gasteiger partial charge in [0.25, 0.3) is 0 Å². The second-order valence-corrected chi connectivity index (χ2v) is 7.81. The maximum absolute atomic E-state index is 13.0. The number of aliphatic hydroxyl groups excluding tert-OH is 1. The van der Waals surface area contributed by atoms with E-state index in [0.717, 1.165) is 5.69 Å². The standard InChI is InChI=1S/C15H16N4O5S/c20-9-10-6-11-8-18(4-1-5-19(11)17-10)25(22,23)12-2-3-14-13(7-12)16-15(21)24-14/h2-3,6-7,20H,1,4-5,8-9H2,(H,16,21). The molecule has 3 heterocycles. The number of nitrogens with zero attached hydrogens (tertiary/aromatic N) is 3. The highest BCUT2D eigenvalue weighted by Crippen LogP contribution is 2.24. The molecule has 4 rings (SSSR count). The highest BCUT2D eigenvalue weighted by Gasteiger charge is 2.28. The first-order chi connectivity index (χ1) is 12.0. The van der Waals surface area contributed by atoms with E-state index < -0.39 is 15.8 Å². The van der Waals surface area contributed by atoms with Crippen molar-refractivity contribution in [2.75, 3.05) is 6.54 Å². The van der Waals surface area contributed by atoms with E-state index in [1.807, 2.05) is 0 Å². The van der Waals surface area contributed by atoms with Crippen molar-refractivity contribution >= 4 is 21.1 Å². The van der Waals surface area contributed by atoms with Gasteiger partial charge in [0.1, 0.15) is 0 Å². The van der Waals surface area contributed by atoms with Crippen LogP contribution < -0.4 is 5.76 Å². The number of oxazole rings is 1. The molecular formula is C15H16N4O5S. The van der Waals surface area contributed by atoms with E-state index in [1.54, 1.807) is 10.7 Å². The van der Waals surface area contributed by atoms with Crippen molar-refractivity contribution in [2.24, 2.45) is 0 Å². The Balaban J connectivity index is 1.71. The van der Waals surface area contributed by atoms with Gasteiger partial charge >= 0.3 is 5.76 Å². The minimum Gasteiger partial charge on any atom is -0.408 e. The largest absolute Gasteiger partial charge is 0.417 e. The second-order valence-electron chi connectivity index (χ2n) is 5.87. The second kappa shape index (κ2) is 5.83. The number of nitrogens with one attached hydrogen (secondary N) is 1. The van der Waals surface area contributed by atoms with Crippen LogP contribution in [0, 0.1) is 0 Å². The third-order valence-electron chi connectivity index (χ3n) is 4.22. The molecule has 9 nitrogen and oxygen atoms in total. The van der Waals surface area contributed by atoms with Crippen molar-refractivity contribution in [2.45, 2.75) is 31.0 Å². The van der Waals surface area contributed by atoms with E-state index in [0.29, 0.717) is 36.3 Å². The number of hydrogen-bond acceptors (Lipinski definition) is 6. The van der Waals surface area contributed by atoms with E-state index in [4.69, 9.17) is 4.42 Å². The Morgan fingerprint density at radius 3 is 2.92 bits per heavy atom. The summed E-state index contributed by atoms with van der Waals surface area (Å²) in [5.74, 6) is -0.625. The first kappa shape index (κ1) is 16.1. The van der Waals surface area contributed by atoms with Gasteiger partial charge in [-0.3, -0.25) is 9.67 Å². The Morgan fingerprint density at radius 2 is 2.12 bits per heavy atom. The molecule has 10 heteroatoms. The average Bonchev–Trinajstić information content (AvgIpc) is 3.09. The summed E-state index contributed by atoms with van der Waals surface area (Å²) in [6.45, 7) is 0.947. The number of H-pyrrole nitrogens is 1. The molecule has 0 saturated heterocycles. The quantitative estimate of drug-likeness (QED) is 0.694. The molecule has 0 spiro atoms. The number of fused-ring (bicyclic) bond motifs is 2. The number of sulfonamides is 1. The third kappa shape index (κ3) is 2.77. The first-order valence-electron chi connectivity index (χ1n) is 7.77. The van der Waals surface area contributed by atoms with E-state index in [-0.39, 0.29) is 18.0 Å². The van der Waals surface area contributed by atoms with E-state index >= 15 is 0 Å². The van der Waals surface area contributed by atoms with Gasteiger partial charge in [0, 0.05) is 13.1 Å². The van der Waals surface area contributed by atoms with Crippen LogP contribution in [0.5, 0.6) is 0 Å². The summed E-state index contributed by atoms with van der Waals surface area (Å²) in [6, 6.07) is 6.00. The van der Waals surface area contributed by atoms with Crippen molar-refractivity contribution in [3.05, 3.63) is 46.2 Å². The zero-order valence-corrected chi connectivity index (χ0v) is 14.0. The molecule has 0 aliphatic carbocycles. The normalized spacial score (nSPS) is 16.0. The highest BCUT2D eigenvalue weighted by atomic mass is 32.2. The van der Waals surface area contributed by atoms with Crippen molar-refractivity contribution in [3.63, 3.8) is 0 Å². The summed E-state index contributed by atoms with van der Waals surface area (Å²) >= 11 is 0. The fourth-order valence-corrected chi connectivity index (χ4v) is 4.49. The maximum atomic E-state index is 13.0. The van der Waals surface area contributed by atoms with Crippen molar-refractivity contribution < 1.29 is 17.9 Å². The Hall–Kier alpha value is -2.43. The zero-order valence-electron chi connectivity index (χ0n) is 13.2. The Bertz CT molecular complexity index is 1090. The first-order valence-corrected chi connectivity index (χ1v) is 9.21. The molecule has 0 unspecified atom stereocenters. The summed E-state index contributed by atoms with van der Waals surface area (Å²) in [7, 11) is -3.74. The Kier molecular flexibility index (Phi) is 3.74. The van der Waals surface area contributed by atoms with Gasteiger partial charge in [-0.2, -0.15) is 9.40 Å². The highest BCUT2D eigenvalue weighted by molar-refractivity contribution is 7.89. The minimum absolute atomic E-state index is 0.0902. The molecule has 2 N–H and O–H groups in total. The molecule has 0 radical (unpaired) electrons. The monoisotopic (exact) mass is 364 g/mol. The van der Waals surface area contributed by atoms with Crippen LogP contribution in [-0.2, 0) is 29.7 Å². The number of aryl methyl sites for hydroxylation is 1. The van der Waals surface area contributed by atoms with Gasteiger partial charge in [0.15, 0.2) is 5.58 Å². The fourth-order valence-electron chi connectivity index (χ4n) is 3.02. The fraction of sp³-hybridized carbons (Fsp3) is 0.333. The van der Waals surface area contributed by atoms with Crippen LogP contribution in [0.15, 0.2) is 38.4 Å². The molecular weight excluding hydrogens is 348 g/mol. The SMILES string of the molecule is O=c1[nH]c2cc(S(=O)(=O)N3CCCn4nc(CO)cc4C3)ccc2o1. The molecule has 0 saturated carbocycles. The number of hydrogen-bond donors (Lipinski definition) is 2. The van der Waals surface area contributed by atoms with Crippen molar-refractivity contribution in [1.29, 1.82) is 0 Å². The van der Waals surface area contributed by atoms with Crippen LogP contribution in [0.4, 0.5) is 0 Å². The van der Waals surface area contributed by atoms with E-state index in [1.165, 1.54) is 22.5 Å². The number of aromatic nitrogens is 3. The molecule has 0 bridgehead atoms. The predicted octanol–water partition coefficient (Wildman–Crippen LogP) is 0.404. The van der Waals surface area contributed by atoms with Gasteiger partial charge in [0.05, 0.1) is 35.0 Å². The summed E-state index contributed by atoms with van der Waals surface area (Å²) in [6.07, 6.45) is 0.615. The van der Waals surface area contributed by atoms with Crippen LogP contribution in [0.2, 0.25) is 0 Å². The molecule has 132 valence electrons.